The van der Waals surface area contributed by atoms with Crippen molar-refractivity contribution in [3.63, 3.8) is 0 Å². The molecule has 0 aliphatic rings. The van der Waals surface area contributed by atoms with Gasteiger partial charge in [0, 0.05) is 18.9 Å². The highest BCUT2D eigenvalue weighted by molar-refractivity contribution is 5.95. The van der Waals surface area contributed by atoms with Crippen molar-refractivity contribution in [2.45, 2.75) is 6.54 Å². The van der Waals surface area contributed by atoms with Gasteiger partial charge < -0.3 is 10.4 Å². The van der Waals surface area contributed by atoms with Crippen molar-refractivity contribution >= 4 is 11.9 Å². The summed E-state index contributed by atoms with van der Waals surface area (Å²) in [7, 11) is 0. The van der Waals surface area contributed by atoms with Crippen LogP contribution in [0.2, 0.25) is 0 Å². The topological polar surface area (TPSA) is 75.1 Å². The van der Waals surface area contributed by atoms with Gasteiger partial charge in [-0.1, -0.05) is 42.5 Å². The lowest BCUT2D eigenvalue weighted by atomic mass is 9.99. The summed E-state index contributed by atoms with van der Waals surface area (Å²) in [6.45, 7) is 0.602. The molecule has 0 saturated carbocycles. The Labute approximate surface area is 133 Å². The second-order valence-electron chi connectivity index (χ2n) is 4.97. The van der Waals surface area contributed by atoms with E-state index >= 15 is 0 Å². The minimum Gasteiger partial charge on any atom is -0.478 e. The molecule has 0 amide bonds. The van der Waals surface area contributed by atoms with Gasteiger partial charge in [-0.2, -0.15) is 0 Å². The van der Waals surface area contributed by atoms with E-state index in [4.69, 9.17) is 0 Å². The van der Waals surface area contributed by atoms with E-state index < -0.39 is 5.97 Å². The van der Waals surface area contributed by atoms with Gasteiger partial charge in [-0.25, -0.2) is 14.8 Å². The number of hydrogen-bond donors (Lipinski definition) is 2. The monoisotopic (exact) mass is 305 g/mol. The number of nitrogens with zero attached hydrogens (tertiary/aromatic N) is 2. The summed E-state index contributed by atoms with van der Waals surface area (Å²) in [5.74, 6) is -0.347. The smallest absolute Gasteiger partial charge is 0.336 e. The molecule has 2 N–H and O–H groups in total. The largest absolute Gasteiger partial charge is 0.478 e. The summed E-state index contributed by atoms with van der Waals surface area (Å²) >= 11 is 0. The first-order chi connectivity index (χ1) is 11.2. The Morgan fingerprint density at radius 2 is 1.65 bits per heavy atom. The first kappa shape index (κ1) is 14.7. The first-order valence-corrected chi connectivity index (χ1v) is 7.16. The molecule has 0 atom stereocenters. The molecule has 2 aromatic carbocycles. The third-order valence-electron chi connectivity index (χ3n) is 3.44. The number of carboxylic acid groups (broad SMARTS) is 1. The van der Waals surface area contributed by atoms with E-state index in [0.29, 0.717) is 23.6 Å². The first-order valence-electron chi connectivity index (χ1n) is 7.16. The van der Waals surface area contributed by atoms with Crippen LogP contribution in [0.15, 0.2) is 67.0 Å². The quantitative estimate of drug-likeness (QED) is 0.755. The van der Waals surface area contributed by atoms with Gasteiger partial charge in [-0.15, -0.1) is 0 Å². The van der Waals surface area contributed by atoms with Crippen molar-refractivity contribution in [2.75, 3.05) is 5.32 Å². The molecule has 0 saturated heterocycles. The number of aromatic carboxylic acids is 1. The third kappa shape index (κ3) is 3.52. The number of carbonyl (C=O) groups is 1. The summed E-state index contributed by atoms with van der Waals surface area (Å²) in [5.41, 5.74) is 2.96. The molecule has 1 aromatic heterocycles. The van der Waals surface area contributed by atoms with Crippen molar-refractivity contribution < 1.29 is 9.90 Å². The maximum atomic E-state index is 11.3. The predicted octanol–water partition coefficient (Wildman–Crippen LogP) is 3.45. The van der Waals surface area contributed by atoms with Crippen LogP contribution in [0.4, 0.5) is 5.95 Å². The Hall–Kier alpha value is -3.21. The molecule has 0 bridgehead atoms. The van der Waals surface area contributed by atoms with Gasteiger partial charge in [0.2, 0.25) is 5.95 Å². The molecule has 5 heteroatoms. The summed E-state index contributed by atoms with van der Waals surface area (Å²) in [6, 6.07) is 16.5. The highest BCUT2D eigenvalue weighted by Crippen LogP contribution is 2.24. The lowest BCUT2D eigenvalue weighted by Crippen LogP contribution is -2.03. The second-order valence-corrected chi connectivity index (χ2v) is 4.97. The summed E-state index contributed by atoms with van der Waals surface area (Å²) < 4.78 is 0. The third-order valence-corrected chi connectivity index (χ3v) is 3.44. The summed E-state index contributed by atoms with van der Waals surface area (Å²) in [4.78, 5) is 19.5. The molecule has 0 spiro atoms. The van der Waals surface area contributed by atoms with Crippen molar-refractivity contribution in [3.05, 3.63) is 78.1 Å². The van der Waals surface area contributed by atoms with Crippen LogP contribution in [-0.4, -0.2) is 21.0 Å². The van der Waals surface area contributed by atoms with Gasteiger partial charge in [0.05, 0.1) is 5.56 Å². The van der Waals surface area contributed by atoms with Crippen LogP contribution in [0.25, 0.3) is 11.1 Å². The van der Waals surface area contributed by atoms with E-state index in [-0.39, 0.29) is 0 Å². The fourth-order valence-corrected chi connectivity index (χ4v) is 2.29. The Bertz CT molecular complexity index is 802. The van der Waals surface area contributed by atoms with Crippen LogP contribution in [0.3, 0.4) is 0 Å². The lowest BCUT2D eigenvalue weighted by molar-refractivity contribution is 0.0697. The molecule has 0 fully saturated rings. The van der Waals surface area contributed by atoms with Gasteiger partial charge in [-0.05, 0) is 28.8 Å². The highest BCUT2D eigenvalue weighted by atomic mass is 16.4. The minimum absolute atomic E-state index is 0.302. The molecule has 3 aromatic rings. The zero-order chi connectivity index (χ0) is 16.1. The minimum atomic E-state index is -0.924. The Kier molecular flexibility index (Phi) is 4.29. The molecule has 1 heterocycles. The van der Waals surface area contributed by atoms with Gasteiger partial charge >= 0.3 is 5.97 Å². The van der Waals surface area contributed by atoms with Crippen LogP contribution in [0.5, 0.6) is 0 Å². The highest BCUT2D eigenvalue weighted by Gasteiger charge is 2.10. The number of hydrogen-bond acceptors (Lipinski definition) is 4. The fraction of sp³-hybridized carbons (Fsp3) is 0.0556. The van der Waals surface area contributed by atoms with Gasteiger partial charge in [0.1, 0.15) is 0 Å². The molecule has 0 radical (unpaired) electrons. The number of nitrogens with one attached hydrogen (secondary N) is 1. The number of rotatable bonds is 5. The normalized spacial score (nSPS) is 10.3. The zero-order valence-corrected chi connectivity index (χ0v) is 12.3. The summed E-state index contributed by atoms with van der Waals surface area (Å²) in [6.07, 6.45) is 3.36. The molecular formula is C18H15N3O2. The number of benzene rings is 2. The molecular weight excluding hydrogens is 290 g/mol. The van der Waals surface area contributed by atoms with E-state index in [2.05, 4.69) is 15.3 Å². The molecule has 0 unspecified atom stereocenters. The van der Waals surface area contributed by atoms with E-state index in [1.807, 2.05) is 36.4 Å². The maximum absolute atomic E-state index is 11.3. The van der Waals surface area contributed by atoms with Crippen LogP contribution in [0.1, 0.15) is 15.9 Å². The van der Waals surface area contributed by atoms with Gasteiger partial charge in [0.25, 0.3) is 0 Å². The number of anilines is 1. The van der Waals surface area contributed by atoms with Gasteiger partial charge in [-0.3, -0.25) is 0 Å². The van der Waals surface area contributed by atoms with Crippen LogP contribution in [0, 0.1) is 0 Å². The number of carboxylic acids is 1. The van der Waals surface area contributed by atoms with Crippen LogP contribution >= 0.6 is 0 Å². The molecule has 0 aliphatic carbocycles. The van der Waals surface area contributed by atoms with E-state index in [1.165, 1.54) is 0 Å². The molecule has 114 valence electrons. The second kappa shape index (κ2) is 6.70. The van der Waals surface area contributed by atoms with Crippen LogP contribution in [-0.2, 0) is 6.54 Å². The fourth-order valence-electron chi connectivity index (χ4n) is 2.29. The van der Waals surface area contributed by atoms with E-state index in [1.54, 1.807) is 30.6 Å². The van der Waals surface area contributed by atoms with Crippen molar-refractivity contribution in [1.29, 1.82) is 0 Å². The Balaban J connectivity index is 1.76. The van der Waals surface area contributed by atoms with Crippen molar-refractivity contribution in [2.24, 2.45) is 0 Å². The Morgan fingerprint density at radius 1 is 0.957 bits per heavy atom. The van der Waals surface area contributed by atoms with E-state index in [9.17, 15) is 9.90 Å². The lowest BCUT2D eigenvalue weighted by Gasteiger charge is -2.08. The summed E-state index contributed by atoms with van der Waals surface area (Å²) in [5, 5.41) is 12.4. The van der Waals surface area contributed by atoms with E-state index in [0.717, 1.165) is 11.1 Å². The molecule has 0 aliphatic heterocycles. The predicted molar refractivity (Wildman–Crippen MR) is 88.2 cm³/mol. The van der Waals surface area contributed by atoms with Gasteiger partial charge in [0.15, 0.2) is 0 Å². The molecule has 3 rings (SSSR count). The zero-order valence-electron chi connectivity index (χ0n) is 12.3. The van der Waals surface area contributed by atoms with Crippen LogP contribution < -0.4 is 5.32 Å². The molecule has 23 heavy (non-hydrogen) atoms. The SMILES string of the molecule is O=C(O)c1ccccc1-c1ccc(CNc2ncccn2)cc1. The number of aromatic nitrogens is 2. The maximum Gasteiger partial charge on any atom is 0.336 e. The molecule has 5 nitrogen and oxygen atoms in total. The Morgan fingerprint density at radius 3 is 2.35 bits per heavy atom. The van der Waals surface area contributed by atoms with Crippen molar-refractivity contribution in [1.82, 2.24) is 9.97 Å². The standard InChI is InChI=1S/C18H15N3O2/c22-17(23)16-5-2-1-4-15(16)14-8-6-13(7-9-14)12-21-18-19-10-3-11-20-18/h1-11H,12H2,(H,22,23)(H,19,20,21). The average Bonchev–Trinajstić information content (AvgIpc) is 2.61. The van der Waals surface area contributed by atoms with Crippen molar-refractivity contribution in [3.8, 4) is 11.1 Å². The average molecular weight is 305 g/mol.